The van der Waals surface area contributed by atoms with Gasteiger partial charge in [-0.3, -0.25) is 4.79 Å². The molecule has 0 rings (SSSR count). The van der Waals surface area contributed by atoms with E-state index >= 15 is 0 Å². The second-order valence-corrected chi connectivity index (χ2v) is 19.3. The first-order chi connectivity index (χ1) is 29.6. The second-order valence-electron chi connectivity index (χ2n) is 19.3. The van der Waals surface area contributed by atoms with Crippen molar-refractivity contribution in [3.05, 3.63) is 0 Å². The van der Waals surface area contributed by atoms with Crippen LogP contribution in [0.2, 0.25) is 0 Å². The van der Waals surface area contributed by atoms with Crippen molar-refractivity contribution in [1.29, 1.82) is 0 Å². The first-order valence-corrected chi connectivity index (χ1v) is 28.3. The van der Waals surface area contributed by atoms with Crippen molar-refractivity contribution < 1.29 is 9.90 Å². The summed E-state index contributed by atoms with van der Waals surface area (Å²) >= 11 is 0. The van der Waals surface area contributed by atoms with Crippen LogP contribution in [0.25, 0.3) is 0 Å². The van der Waals surface area contributed by atoms with E-state index in [2.05, 4.69) is 25.7 Å². The van der Waals surface area contributed by atoms with Gasteiger partial charge in [-0.05, 0) is 32.4 Å². The van der Waals surface area contributed by atoms with Gasteiger partial charge in [0.2, 0.25) is 0 Å². The molecule has 0 saturated carbocycles. The average Bonchev–Trinajstić information content (AvgIpc) is 3.24. The fourth-order valence-corrected chi connectivity index (χ4v) is 8.93. The molecule has 0 unspecified atom stereocenters. The van der Waals surface area contributed by atoms with Crippen LogP contribution >= 0.6 is 0 Å². The van der Waals surface area contributed by atoms with Crippen molar-refractivity contribution in [1.82, 2.24) is 4.90 Å². The van der Waals surface area contributed by atoms with Gasteiger partial charge >= 0.3 is 43.7 Å². The molecule has 0 fully saturated rings. The molecular weight excluding hydrogens is 773 g/mol. The summed E-state index contributed by atoms with van der Waals surface area (Å²) in [6, 6.07) is 0. The number of unbranched alkanes of at least 4 members (excludes halogenated alkanes) is 44. The van der Waals surface area contributed by atoms with Gasteiger partial charge in [-0.2, -0.15) is 0 Å². The minimum atomic E-state index is -0.653. The molecule has 0 aliphatic heterocycles. The summed E-state index contributed by atoms with van der Waals surface area (Å²) in [5, 5.41) is 8.52. The number of carbonyl (C=O) groups is 1. The Kier molecular flexibility index (Phi) is 67.8. The van der Waals surface area contributed by atoms with Gasteiger partial charge in [-0.25, -0.2) is 0 Å². The van der Waals surface area contributed by atoms with Crippen molar-refractivity contribution in [2.45, 2.75) is 329 Å². The third-order valence-corrected chi connectivity index (χ3v) is 13.1. The summed E-state index contributed by atoms with van der Waals surface area (Å²) < 4.78 is 0. The normalized spacial score (nSPS) is 11.2. The molecule has 3 N–H and O–H groups in total. The predicted molar refractivity (Wildman–Crippen MR) is 280 cm³/mol. The first-order valence-electron chi connectivity index (χ1n) is 28.3. The number of carboxylic acids is 1. The van der Waals surface area contributed by atoms with Gasteiger partial charge in [0.1, 0.15) is 0 Å². The van der Waals surface area contributed by atoms with Crippen LogP contribution in [0.5, 0.6) is 0 Å². The maximum absolute atomic E-state index is 10.3. The standard InChI is InChI=1S/C38H80N2.C18H36O2.Ca.2H/c1-3-5-7-9-11-13-15-17-19-21-23-25-27-29-31-33-36-40(38-35-39)37-34-32-30-28-26-24-22-20-18-16-14-12-10-8-6-4-2;1-2-3-4-5-6-7-8-9-10-11-12-13-14-15-16-17-18(19)20;;;/h3-39H2,1-2H3;2-17H2,1H3,(H,19,20);;;. The number of rotatable bonds is 52. The monoisotopic (exact) mass is 891 g/mol. The zero-order valence-electron chi connectivity index (χ0n) is 42.1. The summed E-state index contributed by atoms with van der Waals surface area (Å²) in [5.74, 6) is -0.653. The molecule has 0 aliphatic carbocycles. The van der Waals surface area contributed by atoms with Gasteiger partial charge < -0.3 is 15.7 Å². The molecule has 0 atom stereocenters. The fourth-order valence-electron chi connectivity index (χ4n) is 8.93. The van der Waals surface area contributed by atoms with Crippen molar-refractivity contribution >= 4 is 43.7 Å². The summed E-state index contributed by atoms with van der Waals surface area (Å²) in [4.78, 5) is 13.0. The molecule has 0 saturated heterocycles. The quantitative estimate of drug-likeness (QED) is 0.0472. The van der Waals surface area contributed by atoms with Gasteiger partial charge in [0.15, 0.2) is 0 Å². The Morgan fingerprint density at radius 1 is 0.311 bits per heavy atom. The topological polar surface area (TPSA) is 66.6 Å². The molecule has 61 heavy (non-hydrogen) atoms. The molecule has 0 radical (unpaired) electrons. The maximum atomic E-state index is 10.3. The van der Waals surface area contributed by atoms with Crippen LogP contribution in [0, 0.1) is 0 Å². The van der Waals surface area contributed by atoms with Crippen LogP contribution in [-0.4, -0.2) is 79.9 Å². The zero-order valence-corrected chi connectivity index (χ0v) is 42.1. The number of nitrogens with two attached hydrogens (primary N) is 1. The molecule has 0 aromatic heterocycles. The van der Waals surface area contributed by atoms with Crippen LogP contribution in [0.1, 0.15) is 329 Å². The van der Waals surface area contributed by atoms with E-state index in [1.807, 2.05) is 0 Å². The number of hydrogen-bond donors (Lipinski definition) is 2. The number of carboxylic acid groups (broad SMARTS) is 1. The van der Waals surface area contributed by atoms with Gasteiger partial charge in [0.05, 0.1) is 0 Å². The van der Waals surface area contributed by atoms with E-state index in [0.29, 0.717) is 6.42 Å². The third kappa shape index (κ3) is 65.0. The predicted octanol–water partition coefficient (Wildman–Crippen LogP) is 18.2. The van der Waals surface area contributed by atoms with E-state index < -0.39 is 5.97 Å². The van der Waals surface area contributed by atoms with Gasteiger partial charge in [-0.15, -0.1) is 0 Å². The first kappa shape index (κ1) is 65.9. The molecule has 0 aromatic carbocycles. The molecule has 4 nitrogen and oxygen atoms in total. The Balaban J connectivity index is -0.00000135. The number of hydrogen-bond acceptors (Lipinski definition) is 3. The summed E-state index contributed by atoms with van der Waals surface area (Å²) in [6.45, 7) is 11.3. The molecule has 0 bridgehead atoms. The zero-order chi connectivity index (χ0) is 43.9. The molecule has 0 aromatic rings. The van der Waals surface area contributed by atoms with Crippen LogP contribution in [-0.2, 0) is 4.79 Å². The Morgan fingerprint density at radius 3 is 0.672 bits per heavy atom. The van der Waals surface area contributed by atoms with Crippen LogP contribution in [0.3, 0.4) is 0 Å². The van der Waals surface area contributed by atoms with E-state index in [-0.39, 0.29) is 37.7 Å². The molecule has 5 heteroatoms. The van der Waals surface area contributed by atoms with E-state index in [4.69, 9.17) is 10.8 Å². The Morgan fingerprint density at radius 2 is 0.492 bits per heavy atom. The molecular formula is C56H118CaN2O2. The van der Waals surface area contributed by atoms with Gasteiger partial charge in [-0.1, -0.05) is 303 Å². The van der Waals surface area contributed by atoms with Crippen LogP contribution < -0.4 is 5.73 Å². The van der Waals surface area contributed by atoms with Gasteiger partial charge in [0.25, 0.3) is 0 Å². The molecule has 0 amide bonds. The van der Waals surface area contributed by atoms with Crippen LogP contribution in [0.4, 0.5) is 0 Å². The SMILES string of the molecule is CCCCCCCCCCCCCCCCCC(=O)O.CCCCCCCCCCCCCCCCCCN(CCN)CCCCCCCCCCCCCCCCCC.[CaH2]. The Hall–Kier alpha value is 0.650. The number of aliphatic carboxylic acids is 1. The van der Waals surface area contributed by atoms with E-state index in [1.165, 1.54) is 302 Å². The van der Waals surface area contributed by atoms with Crippen LogP contribution in [0.15, 0.2) is 0 Å². The molecule has 0 aliphatic rings. The molecule has 0 spiro atoms. The molecule has 0 heterocycles. The third-order valence-electron chi connectivity index (χ3n) is 13.1. The second kappa shape index (κ2) is 62.7. The van der Waals surface area contributed by atoms with Crippen molar-refractivity contribution in [3.63, 3.8) is 0 Å². The number of nitrogens with zero attached hydrogens (tertiary/aromatic N) is 1. The van der Waals surface area contributed by atoms with Crippen molar-refractivity contribution in [2.75, 3.05) is 26.2 Å². The van der Waals surface area contributed by atoms with E-state index in [0.717, 1.165) is 25.9 Å². The Bertz CT molecular complexity index is 716. The molecule has 366 valence electrons. The summed E-state index contributed by atoms with van der Waals surface area (Å²) in [7, 11) is 0. The average molecular weight is 892 g/mol. The van der Waals surface area contributed by atoms with Crippen molar-refractivity contribution in [2.24, 2.45) is 5.73 Å². The Labute approximate surface area is 416 Å². The summed E-state index contributed by atoms with van der Waals surface area (Å²) in [6.07, 6.45) is 66.6. The van der Waals surface area contributed by atoms with E-state index in [9.17, 15) is 4.79 Å². The fraction of sp³-hybridized carbons (Fsp3) is 0.982. The van der Waals surface area contributed by atoms with E-state index in [1.54, 1.807) is 0 Å². The minimum absolute atomic E-state index is 0. The van der Waals surface area contributed by atoms with Crippen molar-refractivity contribution in [3.8, 4) is 0 Å². The van der Waals surface area contributed by atoms with Gasteiger partial charge in [0, 0.05) is 19.5 Å². The summed E-state index contributed by atoms with van der Waals surface area (Å²) in [5.41, 5.74) is 5.91.